The van der Waals surface area contributed by atoms with E-state index < -0.39 is 30.6 Å². The Balaban J connectivity index is 1.89. The van der Waals surface area contributed by atoms with E-state index in [1.807, 2.05) is 0 Å². The molecule has 1 unspecified atom stereocenters. The smallest absolute Gasteiger partial charge is 0.414 e. The summed E-state index contributed by atoms with van der Waals surface area (Å²) in [5.41, 5.74) is 0.542. The van der Waals surface area contributed by atoms with Gasteiger partial charge in [0.05, 0.1) is 31.1 Å². The SMILES string of the molecule is CC(=O)NCC1CN(c2ccc(NCCOCC(=O)O)c(F)c2)C(=O)O1. The summed E-state index contributed by atoms with van der Waals surface area (Å²) in [6.45, 7) is 1.68. The number of cyclic esters (lactones) is 1. The summed E-state index contributed by atoms with van der Waals surface area (Å²) >= 11 is 0. The van der Waals surface area contributed by atoms with Crippen molar-refractivity contribution in [3.05, 3.63) is 24.0 Å². The standard InChI is InChI=1S/C16H20FN3O6/c1-10(21)19-7-12-8-20(16(24)26-12)11-2-3-14(13(17)6-11)18-4-5-25-9-15(22)23/h2-3,6,12,18H,4-5,7-9H2,1H3,(H,19,21)(H,22,23). The summed E-state index contributed by atoms with van der Waals surface area (Å²) in [4.78, 5) is 34.4. The molecule has 3 N–H and O–H groups in total. The highest BCUT2D eigenvalue weighted by Crippen LogP contribution is 2.25. The zero-order valence-electron chi connectivity index (χ0n) is 14.2. The Bertz CT molecular complexity index is 684. The van der Waals surface area contributed by atoms with E-state index in [-0.39, 0.29) is 37.8 Å². The first-order valence-corrected chi connectivity index (χ1v) is 7.92. The maximum absolute atomic E-state index is 14.2. The molecule has 1 aliphatic heterocycles. The number of amides is 2. The van der Waals surface area contributed by atoms with Crippen molar-refractivity contribution < 1.29 is 33.4 Å². The first-order chi connectivity index (χ1) is 12.4. The molecule has 0 aromatic heterocycles. The molecule has 9 nitrogen and oxygen atoms in total. The number of carboxylic acid groups (broad SMARTS) is 1. The normalized spacial score (nSPS) is 16.3. The van der Waals surface area contributed by atoms with Crippen LogP contribution < -0.4 is 15.5 Å². The predicted molar refractivity (Wildman–Crippen MR) is 89.6 cm³/mol. The first-order valence-electron chi connectivity index (χ1n) is 7.92. The first kappa shape index (κ1) is 19.4. The van der Waals surface area contributed by atoms with Gasteiger partial charge >= 0.3 is 12.1 Å². The predicted octanol–water partition coefficient (Wildman–Crippen LogP) is 0.800. The molecule has 0 bridgehead atoms. The van der Waals surface area contributed by atoms with Crippen molar-refractivity contribution in [2.45, 2.75) is 13.0 Å². The van der Waals surface area contributed by atoms with E-state index >= 15 is 0 Å². The molecule has 142 valence electrons. The number of hydrogen-bond donors (Lipinski definition) is 3. The maximum atomic E-state index is 14.2. The molecule has 1 aromatic rings. The number of carbonyl (C=O) groups excluding carboxylic acids is 2. The van der Waals surface area contributed by atoms with E-state index in [9.17, 15) is 18.8 Å². The molecule has 10 heteroatoms. The number of aliphatic carboxylic acids is 1. The van der Waals surface area contributed by atoms with Crippen molar-refractivity contribution in [3.8, 4) is 0 Å². The Morgan fingerprint density at radius 1 is 1.46 bits per heavy atom. The highest BCUT2D eigenvalue weighted by Gasteiger charge is 2.32. The minimum Gasteiger partial charge on any atom is -0.480 e. The van der Waals surface area contributed by atoms with Crippen LogP contribution in [-0.4, -0.2) is 62.0 Å². The number of carboxylic acids is 1. The summed E-state index contributed by atoms with van der Waals surface area (Å²) in [6, 6.07) is 4.23. The quantitative estimate of drug-likeness (QED) is 0.551. The largest absolute Gasteiger partial charge is 0.480 e. The molecule has 1 aromatic carbocycles. The van der Waals surface area contributed by atoms with Crippen LogP contribution in [0, 0.1) is 5.82 Å². The minimum atomic E-state index is -1.07. The molecule has 0 spiro atoms. The van der Waals surface area contributed by atoms with Crippen LogP contribution in [0.4, 0.5) is 20.6 Å². The monoisotopic (exact) mass is 369 g/mol. The van der Waals surface area contributed by atoms with Gasteiger partial charge in [-0.15, -0.1) is 0 Å². The molecule has 2 amide bonds. The molecule has 1 saturated heterocycles. The third-order valence-electron chi connectivity index (χ3n) is 3.50. The Morgan fingerprint density at radius 3 is 2.88 bits per heavy atom. The number of nitrogens with zero attached hydrogens (tertiary/aromatic N) is 1. The van der Waals surface area contributed by atoms with Crippen LogP contribution in [-0.2, 0) is 19.1 Å². The highest BCUT2D eigenvalue weighted by atomic mass is 19.1. The summed E-state index contributed by atoms with van der Waals surface area (Å²) in [7, 11) is 0. The van der Waals surface area contributed by atoms with Crippen LogP contribution >= 0.6 is 0 Å². The number of carbonyl (C=O) groups is 3. The maximum Gasteiger partial charge on any atom is 0.414 e. The van der Waals surface area contributed by atoms with E-state index in [0.29, 0.717) is 5.69 Å². The molecular formula is C16H20FN3O6. The summed E-state index contributed by atoms with van der Waals surface area (Å²) in [5.74, 6) is -1.87. The van der Waals surface area contributed by atoms with Gasteiger partial charge in [-0.2, -0.15) is 0 Å². The number of rotatable bonds is 9. The van der Waals surface area contributed by atoms with E-state index in [0.717, 1.165) is 0 Å². The lowest BCUT2D eigenvalue weighted by molar-refractivity contribution is -0.142. The van der Waals surface area contributed by atoms with Crippen molar-refractivity contribution in [1.29, 1.82) is 0 Å². The lowest BCUT2D eigenvalue weighted by atomic mass is 10.2. The topological polar surface area (TPSA) is 117 Å². The third kappa shape index (κ3) is 5.59. The van der Waals surface area contributed by atoms with Crippen molar-refractivity contribution >= 4 is 29.3 Å². The molecule has 0 radical (unpaired) electrons. The van der Waals surface area contributed by atoms with Crippen LogP contribution in [0.1, 0.15) is 6.92 Å². The van der Waals surface area contributed by atoms with E-state index in [1.165, 1.54) is 24.0 Å². The molecule has 1 aliphatic rings. The molecule has 1 heterocycles. The molecule has 2 rings (SSSR count). The van der Waals surface area contributed by atoms with Crippen LogP contribution in [0.15, 0.2) is 18.2 Å². The van der Waals surface area contributed by atoms with E-state index in [2.05, 4.69) is 10.6 Å². The van der Waals surface area contributed by atoms with Crippen LogP contribution in [0.3, 0.4) is 0 Å². The van der Waals surface area contributed by atoms with Gasteiger partial charge in [0.2, 0.25) is 5.91 Å². The van der Waals surface area contributed by atoms with Crippen LogP contribution in [0.25, 0.3) is 0 Å². The molecule has 26 heavy (non-hydrogen) atoms. The number of benzene rings is 1. The van der Waals surface area contributed by atoms with Gasteiger partial charge in [-0.1, -0.05) is 0 Å². The molecule has 1 fully saturated rings. The Labute approximate surface area is 149 Å². The van der Waals surface area contributed by atoms with Crippen molar-refractivity contribution in [1.82, 2.24) is 5.32 Å². The number of anilines is 2. The van der Waals surface area contributed by atoms with Crippen molar-refractivity contribution in [3.63, 3.8) is 0 Å². The fourth-order valence-electron chi connectivity index (χ4n) is 2.33. The molecular weight excluding hydrogens is 349 g/mol. The number of nitrogens with one attached hydrogen (secondary N) is 2. The second-order valence-corrected chi connectivity index (χ2v) is 5.59. The van der Waals surface area contributed by atoms with Gasteiger partial charge < -0.3 is 25.2 Å². The van der Waals surface area contributed by atoms with Gasteiger partial charge in [0.1, 0.15) is 18.5 Å². The minimum absolute atomic E-state index is 0.108. The summed E-state index contributed by atoms with van der Waals surface area (Å²) in [5, 5.41) is 13.8. The van der Waals surface area contributed by atoms with Gasteiger partial charge in [-0.25, -0.2) is 14.0 Å². The fraction of sp³-hybridized carbons (Fsp3) is 0.438. The van der Waals surface area contributed by atoms with Gasteiger partial charge in [-0.3, -0.25) is 9.69 Å². The average Bonchev–Trinajstić information content (AvgIpc) is 2.94. The van der Waals surface area contributed by atoms with Gasteiger partial charge in [0.25, 0.3) is 0 Å². The molecule has 0 saturated carbocycles. The number of hydrogen-bond acceptors (Lipinski definition) is 6. The zero-order valence-corrected chi connectivity index (χ0v) is 14.2. The molecule has 1 atom stereocenters. The lowest BCUT2D eigenvalue weighted by Gasteiger charge is -2.15. The van der Waals surface area contributed by atoms with Crippen LogP contribution in [0.2, 0.25) is 0 Å². The lowest BCUT2D eigenvalue weighted by Crippen LogP contribution is -2.33. The second kappa shape index (κ2) is 8.99. The second-order valence-electron chi connectivity index (χ2n) is 5.59. The van der Waals surface area contributed by atoms with Gasteiger partial charge in [0, 0.05) is 13.5 Å². The fourth-order valence-corrected chi connectivity index (χ4v) is 2.33. The van der Waals surface area contributed by atoms with Gasteiger partial charge in [-0.05, 0) is 18.2 Å². The van der Waals surface area contributed by atoms with Crippen molar-refractivity contribution in [2.75, 3.05) is 43.1 Å². The average molecular weight is 369 g/mol. The van der Waals surface area contributed by atoms with E-state index in [1.54, 1.807) is 6.07 Å². The number of ether oxygens (including phenoxy) is 2. The Morgan fingerprint density at radius 2 is 2.23 bits per heavy atom. The van der Waals surface area contributed by atoms with Gasteiger partial charge in [0.15, 0.2) is 0 Å². The summed E-state index contributed by atoms with van der Waals surface area (Å²) in [6.07, 6.45) is -1.11. The zero-order chi connectivity index (χ0) is 19.1. The van der Waals surface area contributed by atoms with Crippen LogP contribution in [0.5, 0.6) is 0 Å². The Hall–Kier alpha value is -2.88. The highest BCUT2D eigenvalue weighted by molar-refractivity contribution is 5.90. The number of halogens is 1. The molecule has 0 aliphatic carbocycles. The summed E-state index contributed by atoms with van der Waals surface area (Å²) < 4.78 is 24.2. The third-order valence-corrected chi connectivity index (χ3v) is 3.50. The van der Waals surface area contributed by atoms with E-state index in [4.69, 9.17) is 14.6 Å². The van der Waals surface area contributed by atoms with Crippen molar-refractivity contribution in [2.24, 2.45) is 0 Å². The Kier molecular flexibility index (Phi) is 6.73.